The van der Waals surface area contributed by atoms with Crippen LogP contribution in [0.15, 0.2) is 56.1 Å². The Morgan fingerprint density at radius 3 is 2.62 bits per heavy atom. The van der Waals surface area contributed by atoms with Crippen molar-refractivity contribution in [2.45, 2.75) is 19.2 Å². The van der Waals surface area contributed by atoms with Crippen LogP contribution in [-0.4, -0.2) is 18.5 Å². The second-order valence-electron chi connectivity index (χ2n) is 6.62. The Labute approximate surface area is 170 Å². The van der Waals surface area contributed by atoms with Crippen LogP contribution in [0.25, 0.3) is 33.3 Å². The van der Waals surface area contributed by atoms with Gasteiger partial charge in [0.05, 0.1) is 7.11 Å². The van der Waals surface area contributed by atoms with Crippen LogP contribution in [-0.2, 0) is 4.79 Å². The number of furan rings is 1. The summed E-state index contributed by atoms with van der Waals surface area (Å²) in [5.74, 6) is 0.817. The lowest BCUT2D eigenvalue weighted by atomic mass is 10.0. The van der Waals surface area contributed by atoms with Crippen molar-refractivity contribution in [1.29, 1.82) is 0 Å². The number of hydrogen-bond donors (Lipinski definition) is 0. The van der Waals surface area contributed by atoms with E-state index in [-0.39, 0.29) is 0 Å². The third-order valence-electron chi connectivity index (χ3n) is 4.57. The zero-order valence-electron chi connectivity index (χ0n) is 15.9. The van der Waals surface area contributed by atoms with Crippen molar-refractivity contribution in [3.63, 3.8) is 0 Å². The number of alkyl halides is 1. The van der Waals surface area contributed by atoms with E-state index in [1.807, 2.05) is 18.2 Å². The molecule has 0 radical (unpaired) electrons. The highest BCUT2D eigenvalue weighted by Crippen LogP contribution is 2.37. The lowest BCUT2D eigenvalue weighted by Crippen LogP contribution is -2.18. The van der Waals surface area contributed by atoms with Crippen LogP contribution in [0.5, 0.6) is 11.5 Å². The topological polar surface area (TPSA) is 78.9 Å². The Hall–Kier alpha value is -3.25. The number of methoxy groups -OCH3 is 1. The average Bonchev–Trinajstić information content (AvgIpc) is 3.12. The molecule has 0 aliphatic carbocycles. The Kier molecular flexibility index (Phi) is 4.80. The van der Waals surface area contributed by atoms with E-state index in [4.69, 9.17) is 29.9 Å². The molecule has 0 spiro atoms. The Morgan fingerprint density at radius 2 is 1.90 bits per heavy atom. The fourth-order valence-electron chi connectivity index (χ4n) is 3.12. The molecular weight excluding hydrogens is 396 g/mol. The number of benzene rings is 2. The van der Waals surface area contributed by atoms with Gasteiger partial charge in [-0.2, -0.15) is 0 Å². The maximum absolute atomic E-state index is 12.1. The van der Waals surface area contributed by atoms with Crippen LogP contribution in [0.2, 0.25) is 0 Å². The first-order valence-electron chi connectivity index (χ1n) is 8.88. The molecule has 2 aromatic carbocycles. The summed E-state index contributed by atoms with van der Waals surface area (Å²) in [6.07, 6.45) is 0. The number of aryl methyl sites for hydroxylation is 1. The number of esters is 1. The lowest BCUT2D eigenvalue weighted by Gasteiger charge is -2.11. The van der Waals surface area contributed by atoms with Crippen molar-refractivity contribution in [2.24, 2.45) is 0 Å². The second kappa shape index (κ2) is 7.29. The number of para-hydroxylation sites is 1. The van der Waals surface area contributed by atoms with Crippen LogP contribution in [0, 0.1) is 6.92 Å². The molecule has 0 aliphatic rings. The number of carbonyl (C=O) groups excluding carboxylic acids is 1. The summed E-state index contributed by atoms with van der Waals surface area (Å²) in [6.45, 7) is 3.28. The van der Waals surface area contributed by atoms with Gasteiger partial charge in [0.25, 0.3) is 0 Å². The molecule has 0 saturated carbocycles. The fraction of sp³-hybridized carbons (Fsp3) is 0.182. The maximum atomic E-state index is 12.1. The van der Waals surface area contributed by atoms with Gasteiger partial charge in [0, 0.05) is 22.4 Å². The fourth-order valence-corrected chi connectivity index (χ4v) is 3.17. The number of carbonyl (C=O) groups is 1. The minimum absolute atomic E-state index is 0.332. The van der Waals surface area contributed by atoms with Gasteiger partial charge < -0.3 is 18.3 Å². The monoisotopic (exact) mass is 412 g/mol. The summed E-state index contributed by atoms with van der Waals surface area (Å²) in [7, 11) is 1.56. The highest BCUT2D eigenvalue weighted by molar-refractivity contribution is 6.29. The van der Waals surface area contributed by atoms with E-state index in [2.05, 4.69) is 0 Å². The molecule has 1 unspecified atom stereocenters. The van der Waals surface area contributed by atoms with Gasteiger partial charge in [-0.1, -0.05) is 12.1 Å². The van der Waals surface area contributed by atoms with Gasteiger partial charge in [-0.25, -0.2) is 4.79 Å². The molecule has 1 atom stereocenters. The van der Waals surface area contributed by atoms with Gasteiger partial charge in [-0.05, 0) is 43.7 Å². The Balaban J connectivity index is 1.94. The molecule has 2 aromatic heterocycles. The quantitative estimate of drug-likeness (QED) is 0.202. The summed E-state index contributed by atoms with van der Waals surface area (Å²) in [5.41, 5.74) is 1.57. The zero-order chi connectivity index (χ0) is 20.7. The second-order valence-corrected chi connectivity index (χ2v) is 7.27. The molecule has 6 nitrogen and oxygen atoms in total. The Bertz CT molecular complexity index is 1300. The molecule has 4 aromatic rings. The molecule has 0 amide bonds. The minimum atomic E-state index is -0.791. The highest BCUT2D eigenvalue weighted by atomic mass is 35.5. The first-order valence-corrected chi connectivity index (χ1v) is 9.32. The van der Waals surface area contributed by atoms with Gasteiger partial charge in [0.15, 0.2) is 11.3 Å². The van der Waals surface area contributed by atoms with Crippen LogP contribution in [0.1, 0.15) is 12.5 Å². The molecule has 0 bridgehead atoms. The van der Waals surface area contributed by atoms with E-state index in [1.54, 1.807) is 32.2 Å². The van der Waals surface area contributed by atoms with E-state index in [9.17, 15) is 9.59 Å². The molecule has 148 valence electrons. The molecule has 2 heterocycles. The number of ether oxygens (including phenoxy) is 2. The highest BCUT2D eigenvalue weighted by Gasteiger charge is 2.18. The summed E-state index contributed by atoms with van der Waals surface area (Å²) >= 11 is 5.81. The largest absolute Gasteiger partial charge is 0.493 e. The number of fused-ring (bicyclic) bond motifs is 2. The van der Waals surface area contributed by atoms with Crippen molar-refractivity contribution in [3.05, 3.63) is 58.4 Å². The molecule has 7 heteroatoms. The van der Waals surface area contributed by atoms with Gasteiger partial charge in [0.2, 0.25) is 0 Å². The smallest absolute Gasteiger partial charge is 0.336 e. The summed E-state index contributed by atoms with van der Waals surface area (Å²) in [6, 6.07) is 12.0. The molecule has 4 rings (SSSR count). The van der Waals surface area contributed by atoms with Crippen molar-refractivity contribution in [3.8, 4) is 22.8 Å². The molecule has 0 N–H and O–H groups in total. The van der Waals surface area contributed by atoms with E-state index in [0.29, 0.717) is 44.9 Å². The van der Waals surface area contributed by atoms with Crippen molar-refractivity contribution < 1.29 is 23.1 Å². The van der Waals surface area contributed by atoms with Crippen LogP contribution in [0.3, 0.4) is 0 Å². The van der Waals surface area contributed by atoms with Gasteiger partial charge >= 0.3 is 11.6 Å². The Morgan fingerprint density at radius 1 is 1.10 bits per heavy atom. The summed E-state index contributed by atoms with van der Waals surface area (Å²) < 4.78 is 22.1. The first kappa shape index (κ1) is 19.1. The van der Waals surface area contributed by atoms with Crippen LogP contribution in [0.4, 0.5) is 0 Å². The summed E-state index contributed by atoms with van der Waals surface area (Å²) in [4.78, 5) is 24.1. The van der Waals surface area contributed by atoms with Gasteiger partial charge in [0.1, 0.15) is 22.5 Å². The molecule has 0 saturated heterocycles. The SMILES string of the molecule is COc1cccc2cc(-c3cc(=O)oc4cc(C)c(OC(=O)C(C)Cl)cc34)oc12. The normalized spacial score (nSPS) is 12.3. The first-order chi connectivity index (χ1) is 13.9. The molecule has 0 aliphatic heterocycles. The van der Waals surface area contributed by atoms with Crippen molar-refractivity contribution in [2.75, 3.05) is 7.11 Å². The van der Waals surface area contributed by atoms with Gasteiger partial charge in [-0.3, -0.25) is 4.79 Å². The number of hydrogen-bond acceptors (Lipinski definition) is 6. The van der Waals surface area contributed by atoms with E-state index >= 15 is 0 Å². The van der Waals surface area contributed by atoms with E-state index < -0.39 is 17.0 Å². The third kappa shape index (κ3) is 3.47. The average molecular weight is 413 g/mol. The lowest BCUT2D eigenvalue weighted by molar-refractivity contribution is -0.133. The van der Waals surface area contributed by atoms with Crippen molar-refractivity contribution in [1.82, 2.24) is 0 Å². The van der Waals surface area contributed by atoms with Gasteiger partial charge in [-0.15, -0.1) is 11.6 Å². The number of rotatable bonds is 4. The maximum Gasteiger partial charge on any atom is 0.336 e. The van der Waals surface area contributed by atoms with Crippen LogP contribution >= 0.6 is 11.6 Å². The van der Waals surface area contributed by atoms with E-state index in [1.165, 1.54) is 13.0 Å². The van der Waals surface area contributed by atoms with Crippen molar-refractivity contribution >= 4 is 39.5 Å². The standard InChI is InChI=1S/C22H17ClO6/c1-11-7-18-14(9-17(11)29-22(25)12(2)23)15(10-20(24)27-18)19-8-13-5-4-6-16(26-3)21(13)28-19/h4-10,12H,1-3H3. The van der Waals surface area contributed by atoms with Crippen LogP contribution < -0.4 is 15.1 Å². The third-order valence-corrected chi connectivity index (χ3v) is 4.75. The molecule has 29 heavy (non-hydrogen) atoms. The summed E-state index contributed by atoms with van der Waals surface area (Å²) in [5, 5.41) is 0.606. The zero-order valence-corrected chi connectivity index (χ0v) is 16.7. The minimum Gasteiger partial charge on any atom is -0.493 e. The number of halogens is 1. The molecular formula is C22H17ClO6. The predicted molar refractivity (Wildman–Crippen MR) is 110 cm³/mol. The van der Waals surface area contributed by atoms with E-state index in [0.717, 1.165) is 5.39 Å². The predicted octanol–water partition coefficient (Wildman–Crippen LogP) is 5.06. The molecule has 0 fully saturated rings.